The van der Waals surface area contributed by atoms with Crippen LogP contribution in [0.2, 0.25) is 0 Å². The van der Waals surface area contributed by atoms with Gasteiger partial charge in [-0.25, -0.2) is 4.98 Å². The van der Waals surface area contributed by atoms with Crippen molar-refractivity contribution in [1.82, 2.24) is 14.9 Å². The van der Waals surface area contributed by atoms with Crippen LogP contribution in [-0.4, -0.2) is 38.5 Å². The van der Waals surface area contributed by atoms with Gasteiger partial charge in [0.15, 0.2) is 0 Å². The number of piperidine rings is 1. The second kappa shape index (κ2) is 6.17. The number of imidazole rings is 1. The van der Waals surface area contributed by atoms with Crippen molar-refractivity contribution >= 4 is 16.9 Å². The smallest absolute Gasteiger partial charge is 0.254 e. The second-order valence-electron chi connectivity index (χ2n) is 8.63. The molecule has 1 aliphatic carbocycles. The van der Waals surface area contributed by atoms with Gasteiger partial charge in [-0.3, -0.25) is 4.79 Å². The highest BCUT2D eigenvalue weighted by molar-refractivity contribution is 5.97. The van der Waals surface area contributed by atoms with Crippen molar-refractivity contribution in [2.45, 2.75) is 50.7 Å². The molecule has 1 saturated heterocycles. The van der Waals surface area contributed by atoms with E-state index >= 15 is 0 Å². The van der Waals surface area contributed by atoms with E-state index in [-0.39, 0.29) is 11.9 Å². The molecule has 0 saturated carbocycles. The van der Waals surface area contributed by atoms with Gasteiger partial charge >= 0.3 is 0 Å². The van der Waals surface area contributed by atoms with Crippen molar-refractivity contribution in [3.05, 3.63) is 65.0 Å². The molecule has 0 spiro atoms. The lowest BCUT2D eigenvalue weighted by atomic mass is 9.86. The number of fused-ring (bicyclic) bond motifs is 4. The van der Waals surface area contributed by atoms with Crippen molar-refractivity contribution < 1.29 is 9.90 Å². The van der Waals surface area contributed by atoms with E-state index in [0.717, 1.165) is 42.4 Å². The number of benzene rings is 2. The fourth-order valence-corrected chi connectivity index (χ4v) is 4.89. The molecule has 1 aromatic heterocycles. The Balaban J connectivity index is 1.47. The molecule has 5 nitrogen and oxygen atoms in total. The summed E-state index contributed by atoms with van der Waals surface area (Å²) in [7, 11) is 0. The highest BCUT2D eigenvalue weighted by Gasteiger charge is 2.41. The molecule has 2 aliphatic rings. The van der Waals surface area contributed by atoms with Gasteiger partial charge < -0.3 is 15.0 Å². The number of likely N-dealkylation sites (tertiary alicyclic amines) is 1. The van der Waals surface area contributed by atoms with Gasteiger partial charge in [0, 0.05) is 24.1 Å². The summed E-state index contributed by atoms with van der Waals surface area (Å²) in [6.45, 7) is 4.44. The monoisotopic (exact) mass is 375 g/mol. The minimum Gasteiger partial charge on any atom is -0.386 e. The van der Waals surface area contributed by atoms with E-state index in [1.807, 2.05) is 38.1 Å². The third kappa shape index (κ3) is 2.73. The Labute approximate surface area is 164 Å². The number of aliphatic hydroxyl groups is 1. The Bertz CT molecular complexity index is 1060. The minimum absolute atomic E-state index is 0.0988. The van der Waals surface area contributed by atoms with Gasteiger partial charge in [-0.1, -0.05) is 18.2 Å². The molecular weight excluding hydrogens is 350 g/mol. The molecule has 1 amide bonds. The van der Waals surface area contributed by atoms with Crippen LogP contribution >= 0.6 is 0 Å². The Morgan fingerprint density at radius 3 is 2.93 bits per heavy atom. The van der Waals surface area contributed by atoms with Crippen LogP contribution < -0.4 is 0 Å². The van der Waals surface area contributed by atoms with Crippen LogP contribution in [0.3, 0.4) is 0 Å². The Hall–Kier alpha value is -2.66. The molecule has 0 radical (unpaired) electrons. The number of nitrogens with one attached hydrogen (secondary N) is 1. The van der Waals surface area contributed by atoms with Crippen LogP contribution in [0, 0.1) is 0 Å². The first-order valence-electron chi connectivity index (χ1n) is 10.0. The maximum Gasteiger partial charge on any atom is 0.254 e. The lowest BCUT2D eigenvalue weighted by Crippen LogP contribution is -2.46. The zero-order valence-corrected chi connectivity index (χ0v) is 16.3. The summed E-state index contributed by atoms with van der Waals surface area (Å²) in [5, 5.41) is 10.4. The van der Waals surface area contributed by atoms with Gasteiger partial charge in [0.05, 0.1) is 23.0 Å². The van der Waals surface area contributed by atoms with E-state index < -0.39 is 5.60 Å². The SMILES string of the molecule is CC(C)(O)c1ccc2c(c1)C1CCCN(C(=O)c3ccc4nc[nH]c4c3)[C@H]1C2. The van der Waals surface area contributed by atoms with Crippen molar-refractivity contribution in [3.63, 3.8) is 0 Å². The number of carbonyl (C=O) groups is 1. The first-order chi connectivity index (χ1) is 13.4. The molecule has 1 fully saturated rings. The molecule has 28 heavy (non-hydrogen) atoms. The summed E-state index contributed by atoms with van der Waals surface area (Å²) >= 11 is 0. The van der Waals surface area contributed by atoms with Crippen molar-refractivity contribution in [2.24, 2.45) is 0 Å². The number of aromatic nitrogens is 2. The van der Waals surface area contributed by atoms with Crippen LogP contribution in [0.25, 0.3) is 11.0 Å². The molecule has 1 aliphatic heterocycles. The molecule has 5 rings (SSSR count). The van der Waals surface area contributed by atoms with Crippen LogP contribution in [0.5, 0.6) is 0 Å². The van der Waals surface area contributed by atoms with E-state index in [9.17, 15) is 9.90 Å². The normalized spacial score (nSPS) is 21.6. The summed E-state index contributed by atoms with van der Waals surface area (Å²) in [5.74, 6) is 0.451. The predicted octanol–water partition coefficient (Wildman–Crippen LogP) is 3.73. The van der Waals surface area contributed by atoms with Gasteiger partial charge in [-0.15, -0.1) is 0 Å². The zero-order valence-electron chi connectivity index (χ0n) is 16.3. The Kier molecular flexibility index (Phi) is 3.85. The number of hydrogen-bond donors (Lipinski definition) is 2. The highest BCUT2D eigenvalue weighted by Crippen LogP contribution is 2.43. The van der Waals surface area contributed by atoms with Gasteiger partial charge in [-0.05, 0) is 68.0 Å². The van der Waals surface area contributed by atoms with Crippen molar-refractivity contribution in [3.8, 4) is 0 Å². The zero-order chi connectivity index (χ0) is 19.5. The van der Waals surface area contributed by atoms with Gasteiger partial charge in [0.1, 0.15) is 0 Å². The number of aromatic amines is 1. The molecule has 0 bridgehead atoms. The maximum absolute atomic E-state index is 13.3. The number of carbonyl (C=O) groups excluding carboxylic acids is 1. The summed E-state index contributed by atoms with van der Waals surface area (Å²) in [6, 6.07) is 12.2. The van der Waals surface area contributed by atoms with Gasteiger partial charge in [-0.2, -0.15) is 0 Å². The summed E-state index contributed by atoms with van der Waals surface area (Å²) in [5.41, 5.74) is 5.20. The van der Waals surface area contributed by atoms with Crippen LogP contribution in [0.1, 0.15) is 59.7 Å². The number of rotatable bonds is 2. The Morgan fingerprint density at radius 1 is 1.25 bits per heavy atom. The minimum atomic E-state index is -0.850. The van der Waals surface area contributed by atoms with Crippen LogP contribution in [0.4, 0.5) is 0 Å². The maximum atomic E-state index is 13.3. The van der Waals surface area contributed by atoms with E-state index in [4.69, 9.17) is 0 Å². The number of nitrogens with zero attached hydrogens (tertiary/aromatic N) is 2. The highest BCUT2D eigenvalue weighted by atomic mass is 16.3. The van der Waals surface area contributed by atoms with Gasteiger partial charge in [0.2, 0.25) is 0 Å². The van der Waals surface area contributed by atoms with E-state index in [0.29, 0.717) is 11.5 Å². The second-order valence-corrected chi connectivity index (χ2v) is 8.63. The van der Waals surface area contributed by atoms with Crippen LogP contribution in [-0.2, 0) is 12.0 Å². The van der Waals surface area contributed by atoms with E-state index in [1.54, 1.807) is 6.33 Å². The third-order valence-corrected chi connectivity index (χ3v) is 6.39. The summed E-state index contributed by atoms with van der Waals surface area (Å²) in [4.78, 5) is 22.7. The predicted molar refractivity (Wildman–Crippen MR) is 108 cm³/mol. The molecule has 144 valence electrons. The fraction of sp³-hybridized carbons (Fsp3) is 0.391. The number of hydrogen-bond acceptors (Lipinski definition) is 3. The average molecular weight is 375 g/mol. The lowest BCUT2D eigenvalue weighted by molar-refractivity contribution is 0.0594. The van der Waals surface area contributed by atoms with E-state index in [2.05, 4.69) is 27.0 Å². The summed E-state index contributed by atoms with van der Waals surface area (Å²) < 4.78 is 0. The lowest BCUT2D eigenvalue weighted by Gasteiger charge is -2.38. The molecule has 2 aromatic carbocycles. The summed E-state index contributed by atoms with van der Waals surface area (Å²) in [6.07, 6.45) is 4.65. The average Bonchev–Trinajstić information content (AvgIpc) is 3.29. The van der Waals surface area contributed by atoms with Crippen LogP contribution in [0.15, 0.2) is 42.7 Å². The van der Waals surface area contributed by atoms with Gasteiger partial charge in [0.25, 0.3) is 5.91 Å². The molecule has 2 atom stereocenters. The first kappa shape index (κ1) is 17.4. The standard InChI is InChI=1S/C23H25N3O2/c1-23(2,28)16-7-5-14-11-21-17(18(14)12-16)4-3-9-26(21)22(27)15-6-8-19-20(10-15)25-13-24-19/h5-8,10,12-13,17,21,28H,3-4,9,11H2,1-2H3,(H,24,25)/t17?,21-/m0/s1. The fourth-order valence-electron chi connectivity index (χ4n) is 4.89. The molecular formula is C23H25N3O2. The van der Waals surface area contributed by atoms with E-state index in [1.165, 1.54) is 11.1 Å². The number of H-pyrrole nitrogens is 1. The number of amides is 1. The Morgan fingerprint density at radius 2 is 2.11 bits per heavy atom. The molecule has 2 N–H and O–H groups in total. The molecule has 5 heteroatoms. The van der Waals surface area contributed by atoms with Crippen molar-refractivity contribution in [2.75, 3.05) is 6.54 Å². The quantitative estimate of drug-likeness (QED) is 0.717. The largest absolute Gasteiger partial charge is 0.386 e. The van der Waals surface area contributed by atoms with Crippen molar-refractivity contribution in [1.29, 1.82) is 0 Å². The third-order valence-electron chi connectivity index (χ3n) is 6.39. The molecule has 3 aromatic rings. The molecule has 1 unspecified atom stereocenters. The first-order valence-corrected chi connectivity index (χ1v) is 10.0. The topological polar surface area (TPSA) is 69.2 Å². The molecule has 2 heterocycles.